The summed E-state index contributed by atoms with van der Waals surface area (Å²) in [4.78, 5) is 0. The lowest BCUT2D eigenvalue weighted by molar-refractivity contribution is -0.908. The smallest absolute Gasteiger partial charge is 0.0784 e. The van der Waals surface area contributed by atoms with E-state index in [1.807, 2.05) is 0 Å². The Morgan fingerprint density at radius 2 is 0.429 bits per heavy atom. The van der Waals surface area contributed by atoms with E-state index in [0.29, 0.717) is 0 Å². The maximum atomic E-state index is 2.53. The summed E-state index contributed by atoms with van der Waals surface area (Å²) in [5.74, 6) is 0. The van der Waals surface area contributed by atoms with Gasteiger partial charge < -0.3 is 16.9 Å². The molecule has 0 fully saturated rings. The Morgan fingerprint density at radius 1 is 0.262 bits per heavy atom. The number of hydrogen-bond acceptors (Lipinski definition) is 0. The van der Waals surface area contributed by atoms with Gasteiger partial charge in [0.1, 0.15) is 0 Å². The molecule has 256 valence electrons. The number of unbranched alkanes of at least 4 members (excludes halogenated alkanes) is 31. The van der Waals surface area contributed by atoms with E-state index in [0.717, 1.165) is 0 Å². The minimum Gasteiger partial charge on any atom is -1.00 e. The van der Waals surface area contributed by atoms with E-state index in [4.69, 9.17) is 0 Å². The van der Waals surface area contributed by atoms with Crippen molar-refractivity contribution >= 4 is 0 Å². The lowest BCUT2D eigenvalue weighted by Crippen LogP contribution is -3.00. The van der Waals surface area contributed by atoms with Crippen molar-refractivity contribution in [3.05, 3.63) is 0 Å². The van der Waals surface area contributed by atoms with Crippen molar-refractivity contribution in [2.75, 3.05) is 26.7 Å². The van der Waals surface area contributed by atoms with Crippen molar-refractivity contribution < 1.29 is 16.9 Å². The third kappa shape index (κ3) is 34.7. The minimum absolute atomic E-state index is 0. The molecule has 0 aromatic heterocycles. The average Bonchev–Trinajstić information content (AvgIpc) is 2.98. The molecule has 0 bridgehead atoms. The van der Waals surface area contributed by atoms with Gasteiger partial charge in [-0.25, -0.2) is 0 Å². The molecular weight excluding hydrogens is 530 g/mol. The molecule has 0 amide bonds. The number of quaternary nitrogens is 1. The second-order valence-corrected chi connectivity index (χ2v) is 14.3. The van der Waals surface area contributed by atoms with Crippen LogP contribution < -0.4 is 12.4 Å². The van der Waals surface area contributed by atoms with Crippen molar-refractivity contribution in [3.63, 3.8) is 0 Å². The van der Waals surface area contributed by atoms with Gasteiger partial charge in [0.25, 0.3) is 0 Å². The second-order valence-electron chi connectivity index (χ2n) is 14.3. The first-order valence-electron chi connectivity index (χ1n) is 20.0. The fourth-order valence-electron chi connectivity index (χ4n) is 6.69. The predicted octanol–water partition coefficient (Wildman–Crippen LogP) is 11.4. The maximum Gasteiger partial charge on any atom is 0.0784 e. The largest absolute Gasteiger partial charge is 1.00 e. The highest BCUT2D eigenvalue weighted by Crippen LogP contribution is 2.17. The van der Waals surface area contributed by atoms with Crippen molar-refractivity contribution in [3.8, 4) is 0 Å². The van der Waals surface area contributed by atoms with Crippen LogP contribution in [0.2, 0.25) is 0 Å². The van der Waals surface area contributed by atoms with E-state index in [9.17, 15) is 0 Å². The van der Waals surface area contributed by atoms with E-state index in [1.54, 1.807) is 0 Å². The summed E-state index contributed by atoms with van der Waals surface area (Å²) in [6.07, 6.45) is 48.5. The van der Waals surface area contributed by atoms with Crippen molar-refractivity contribution in [2.45, 2.75) is 233 Å². The van der Waals surface area contributed by atoms with Crippen molar-refractivity contribution in [1.29, 1.82) is 0 Å². The molecule has 0 radical (unpaired) electrons. The SMILES string of the molecule is CCCCCCCCCCCCCCCCCCC[N+](C)(CC)CCCCCCCCCCCCCCCCCC.[Cl-]. The molecule has 0 aliphatic heterocycles. The van der Waals surface area contributed by atoms with Gasteiger partial charge in [0.2, 0.25) is 0 Å². The van der Waals surface area contributed by atoms with Crippen LogP contribution in [-0.4, -0.2) is 31.2 Å². The van der Waals surface area contributed by atoms with Crippen LogP contribution in [0, 0.1) is 0 Å². The predicted molar refractivity (Wildman–Crippen MR) is 190 cm³/mol. The standard InChI is InChI=1S/C40H84N.ClH/c1-5-8-10-12-14-16-18-20-22-24-26-28-30-32-34-36-38-40-41(4,7-3)39-37-35-33-31-29-27-25-23-21-19-17-15-13-11-9-6-2;/h5-40H2,1-4H3;1H/q+1;/p-1. The van der Waals surface area contributed by atoms with Gasteiger partial charge in [-0.05, 0) is 32.6 Å². The molecule has 1 atom stereocenters. The Kier molecular flexibility index (Phi) is 39.6. The molecule has 0 aliphatic rings. The summed E-state index contributed by atoms with van der Waals surface area (Å²) in [5.41, 5.74) is 0. The van der Waals surface area contributed by atoms with Crippen LogP contribution in [0.15, 0.2) is 0 Å². The van der Waals surface area contributed by atoms with Gasteiger partial charge in [-0.2, -0.15) is 0 Å². The molecule has 0 aromatic carbocycles. The summed E-state index contributed by atoms with van der Waals surface area (Å²) < 4.78 is 1.32. The molecule has 1 unspecified atom stereocenters. The number of hydrogen-bond donors (Lipinski definition) is 0. The minimum atomic E-state index is 0. The van der Waals surface area contributed by atoms with E-state index >= 15 is 0 Å². The van der Waals surface area contributed by atoms with E-state index in [2.05, 4.69) is 27.8 Å². The maximum absolute atomic E-state index is 2.53. The van der Waals surface area contributed by atoms with Crippen LogP contribution in [0.5, 0.6) is 0 Å². The summed E-state index contributed by atoms with van der Waals surface area (Å²) in [5, 5.41) is 0. The first-order valence-corrected chi connectivity index (χ1v) is 20.0. The van der Waals surface area contributed by atoms with Gasteiger partial charge in [-0.3, -0.25) is 0 Å². The van der Waals surface area contributed by atoms with E-state index < -0.39 is 0 Å². The summed E-state index contributed by atoms with van der Waals surface area (Å²) in [6, 6.07) is 0. The fourth-order valence-corrected chi connectivity index (χ4v) is 6.69. The molecule has 0 spiro atoms. The van der Waals surface area contributed by atoms with E-state index in [1.165, 1.54) is 236 Å². The molecule has 2 heteroatoms. The molecule has 0 rings (SSSR count). The van der Waals surface area contributed by atoms with Crippen LogP contribution in [0.1, 0.15) is 233 Å². The Morgan fingerprint density at radius 3 is 0.595 bits per heavy atom. The monoisotopic (exact) mass is 614 g/mol. The Labute approximate surface area is 275 Å². The lowest BCUT2D eigenvalue weighted by atomic mass is 10.0. The molecular formula is C40H84ClN. The molecule has 0 aliphatic carbocycles. The Hall–Kier alpha value is 0.250. The van der Waals surface area contributed by atoms with Crippen molar-refractivity contribution in [1.82, 2.24) is 0 Å². The highest BCUT2D eigenvalue weighted by atomic mass is 35.5. The first-order chi connectivity index (χ1) is 20.2. The van der Waals surface area contributed by atoms with Gasteiger partial charge in [-0.15, -0.1) is 0 Å². The molecule has 0 saturated carbocycles. The van der Waals surface area contributed by atoms with Gasteiger partial charge in [0, 0.05) is 0 Å². The zero-order valence-corrected chi connectivity index (χ0v) is 31.0. The summed E-state index contributed by atoms with van der Waals surface area (Å²) in [7, 11) is 2.53. The van der Waals surface area contributed by atoms with Gasteiger partial charge >= 0.3 is 0 Å². The molecule has 42 heavy (non-hydrogen) atoms. The number of rotatable bonds is 36. The third-order valence-electron chi connectivity index (χ3n) is 10.1. The normalized spacial score (nSPS) is 12.9. The van der Waals surface area contributed by atoms with Crippen molar-refractivity contribution in [2.24, 2.45) is 0 Å². The Bertz CT molecular complexity index is 467. The summed E-state index contributed by atoms with van der Waals surface area (Å²) >= 11 is 0. The van der Waals surface area contributed by atoms with Crippen LogP contribution in [0.3, 0.4) is 0 Å². The van der Waals surface area contributed by atoms with Crippen LogP contribution in [-0.2, 0) is 0 Å². The van der Waals surface area contributed by atoms with Crippen LogP contribution in [0.4, 0.5) is 0 Å². The summed E-state index contributed by atoms with van der Waals surface area (Å²) in [6.45, 7) is 11.2. The quantitative estimate of drug-likeness (QED) is 0.0487. The van der Waals surface area contributed by atoms with Gasteiger partial charge in [0.15, 0.2) is 0 Å². The third-order valence-corrected chi connectivity index (χ3v) is 10.1. The zero-order chi connectivity index (χ0) is 30.0. The Balaban J connectivity index is 0. The average molecular weight is 615 g/mol. The fraction of sp³-hybridized carbons (Fsp3) is 1.00. The first kappa shape index (κ1) is 44.4. The highest BCUT2D eigenvalue weighted by molar-refractivity contribution is 4.53. The molecule has 0 aromatic rings. The number of halogens is 1. The van der Waals surface area contributed by atoms with Crippen LogP contribution in [0.25, 0.3) is 0 Å². The van der Waals surface area contributed by atoms with E-state index in [-0.39, 0.29) is 12.4 Å². The number of nitrogens with zero attached hydrogens (tertiary/aromatic N) is 1. The van der Waals surface area contributed by atoms with Gasteiger partial charge in [0.05, 0.1) is 26.7 Å². The lowest BCUT2D eigenvalue weighted by Gasteiger charge is -2.33. The molecule has 0 heterocycles. The molecule has 1 nitrogen and oxygen atoms in total. The molecule has 0 N–H and O–H groups in total. The zero-order valence-electron chi connectivity index (χ0n) is 30.3. The molecule has 0 saturated heterocycles. The second kappa shape index (κ2) is 37.4. The van der Waals surface area contributed by atoms with Gasteiger partial charge in [-0.1, -0.05) is 200 Å². The highest BCUT2D eigenvalue weighted by Gasteiger charge is 2.17. The topological polar surface area (TPSA) is 0 Å². The van der Waals surface area contributed by atoms with Crippen LogP contribution >= 0.6 is 0 Å².